The minimum Gasteiger partial charge on any atom is -0.504 e. The maximum atomic E-state index is 9.61. The fraction of sp³-hybridized carbons (Fsp3) is 0.476. The van der Waals surface area contributed by atoms with E-state index in [4.69, 9.17) is 4.98 Å². The van der Waals surface area contributed by atoms with Crippen molar-refractivity contribution in [3.63, 3.8) is 0 Å². The van der Waals surface area contributed by atoms with E-state index in [9.17, 15) is 10.2 Å². The van der Waals surface area contributed by atoms with Gasteiger partial charge in [-0.2, -0.15) is 15.1 Å². The lowest BCUT2D eigenvalue weighted by molar-refractivity contribution is 0.403. The molecule has 0 radical (unpaired) electrons. The molecule has 2 saturated heterocycles. The quantitative estimate of drug-likeness (QED) is 0.405. The first-order valence-corrected chi connectivity index (χ1v) is 10.4. The third-order valence-electron chi connectivity index (χ3n) is 5.41. The first-order valence-electron chi connectivity index (χ1n) is 10.4. The summed E-state index contributed by atoms with van der Waals surface area (Å²) < 4.78 is 0. The van der Waals surface area contributed by atoms with E-state index in [0.29, 0.717) is 11.4 Å². The Morgan fingerprint density at radius 3 is 2.21 bits per heavy atom. The molecular formula is C21H28N6O2. The number of aromatic nitrogens is 2. The summed E-state index contributed by atoms with van der Waals surface area (Å²) in [6.07, 6.45) is 8.84. The van der Waals surface area contributed by atoms with Crippen LogP contribution in [0.1, 0.15) is 44.1 Å². The Morgan fingerprint density at radius 2 is 1.52 bits per heavy atom. The molecule has 0 spiro atoms. The van der Waals surface area contributed by atoms with Crippen molar-refractivity contribution in [2.24, 2.45) is 5.10 Å². The zero-order valence-electron chi connectivity index (χ0n) is 16.6. The molecule has 0 atom stereocenters. The van der Waals surface area contributed by atoms with Gasteiger partial charge in [-0.15, -0.1) is 0 Å². The van der Waals surface area contributed by atoms with Gasteiger partial charge in [0.15, 0.2) is 17.3 Å². The van der Waals surface area contributed by atoms with E-state index in [-0.39, 0.29) is 11.5 Å². The van der Waals surface area contributed by atoms with Gasteiger partial charge in [-0.3, -0.25) is 5.43 Å². The molecule has 0 bridgehead atoms. The minimum absolute atomic E-state index is 0.150. The third kappa shape index (κ3) is 4.88. The molecule has 8 heteroatoms. The molecule has 2 aliphatic rings. The summed E-state index contributed by atoms with van der Waals surface area (Å²) in [7, 11) is 0. The zero-order chi connectivity index (χ0) is 20.1. The predicted molar refractivity (Wildman–Crippen MR) is 115 cm³/mol. The molecule has 2 aromatic rings. The van der Waals surface area contributed by atoms with Crippen molar-refractivity contribution in [2.75, 3.05) is 41.4 Å². The fourth-order valence-electron chi connectivity index (χ4n) is 3.79. The smallest absolute Gasteiger partial charge is 0.229 e. The SMILES string of the molecule is Oc1ccc(C=NNc2cc(N3CCCCC3)nc(N3CCCCC3)n2)cc1O. The highest BCUT2D eigenvalue weighted by Crippen LogP contribution is 2.26. The van der Waals surface area contributed by atoms with Crippen LogP contribution in [0, 0.1) is 0 Å². The summed E-state index contributed by atoms with van der Waals surface area (Å²) >= 11 is 0. The number of hydrazone groups is 1. The Balaban J connectivity index is 1.55. The van der Waals surface area contributed by atoms with Crippen LogP contribution in [0.5, 0.6) is 11.5 Å². The van der Waals surface area contributed by atoms with E-state index in [1.807, 2.05) is 6.07 Å². The minimum atomic E-state index is -0.171. The second-order valence-corrected chi connectivity index (χ2v) is 7.62. The third-order valence-corrected chi connectivity index (χ3v) is 5.41. The van der Waals surface area contributed by atoms with Crippen LogP contribution in [0.15, 0.2) is 29.4 Å². The van der Waals surface area contributed by atoms with Crippen molar-refractivity contribution in [1.29, 1.82) is 0 Å². The first-order chi connectivity index (χ1) is 14.2. The lowest BCUT2D eigenvalue weighted by Gasteiger charge is -2.31. The molecule has 0 unspecified atom stereocenters. The second-order valence-electron chi connectivity index (χ2n) is 7.62. The van der Waals surface area contributed by atoms with Gasteiger partial charge in [0.05, 0.1) is 6.21 Å². The molecular weight excluding hydrogens is 368 g/mol. The number of hydrogen-bond donors (Lipinski definition) is 3. The van der Waals surface area contributed by atoms with Crippen LogP contribution in [0.2, 0.25) is 0 Å². The Morgan fingerprint density at radius 1 is 0.828 bits per heavy atom. The summed E-state index contributed by atoms with van der Waals surface area (Å²) in [5.74, 6) is 2.03. The monoisotopic (exact) mass is 396 g/mol. The number of nitrogens with zero attached hydrogens (tertiary/aromatic N) is 5. The van der Waals surface area contributed by atoms with Crippen LogP contribution in [0.25, 0.3) is 0 Å². The first kappa shape index (κ1) is 19.3. The topological polar surface area (TPSA) is 97.1 Å². The number of nitrogens with one attached hydrogen (secondary N) is 1. The van der Waals surface area contributed by atoms with Gasteiger partial charge in [0, 0.05) is 32.2 Å². The van der Waals surface area contributed by atoms with Gasteiger partial charge in [-0.1, -0.05) is 0 Å². The van der Waals surface area contributed by atoms with Crippen molar-refractivity contribution in [1.82, 2.24) is 9.97 Å². The number of piperidine rings is 2. The normalized spacial score (nSPS) is 17.7. The number of anilines is 3. The molecule has 154 valence electrons. The van der Waals surface area contributed by atoms with Crippen LogP contribution in [-0.2, 0) is 0 Å². The molecule has 1 aromatic heterocycles. The molecule has 3 N–H and O–H groups in total. The number of benzene rings is 1. The van der Waals surface area contributed by atoms with Crippen molar-refractivity contribution in [3.05, 3.63) is 29.8 Å². The lowest BCUT2D eigenvalue weighted by atomic mass is 10.1. The van der Waals surface area contributed by atoms with Gasteiger partial charge in [-0.05, 0) is 62.3 Å². The lowest BCUT2D eigenvalue weighted by Crippen LogP contribution is -2.33. The average molecular weight is 396 g/mol. The summed E-state index contributed by atoms with van der Waals surface area (Å²) in [5.41, 5.74) is 3.68. The summed E-state index contributed by atoms with van der Waals surface area (Å²) in [5, 5.41) is 23.3. The van der Waals surface area contributed by atoms with Crippen LogP contribution in [-0.4, -0.2) is 52.6 Å². The number of rotatable bonds is 5. The largest absolute Gasteiger partial charge is 0.504 e. The molecule has 4 rings (SSSR count). The summed E-state index contributed by atoms with van der Waals surface area (Å²) in [6, 6.07) is 6.52. The molecule has 0 aliphatic carbocycles. The molecule has 3 heterocycles. The van der Waals surface area contributed by atoms with Gasteiger partial charge in [0.2, 0.25) is 5.95 Å². The van der Waals surface area contributed by atoms with Crippen molar-refractivity contribution in [2.45, 2.75) is 38.5 Å². The summed E-state index contributed by atoms with van der Waals surface area (Å²) in [4.78, 5) is 14.1. The van der Waals surface area contributed by atoms with Gasteiger partial charge >= 0.3 is 0 Å². The zero-order valence-corrected chi connectivity index (χ0v) is 16.6. The van der Waals surface area contributed by atoms with Crippen LogP contribution < -0.4 is 15.2 Å². The highest BCUT2D eigenvalue weighted by molar-refractivity contribution is 5.81. The number of hydrogen-bond acceptors (Lipinski definition) is 8. The fourth-order valence-corrected chi connectivity index (χ4v) is 3.79. The summed E-state index contributed by atoms with van der Waals surface area (Å²) in [6.45, 7) is 4.01. The van der Waals surface area contributed by atoms with E-state index in [1.54, 1.807) is 12.3 Å². The van der Waals surface area contributed by atoms with Crippen molar-refractivity contribution >= 4 is 23.8 Å². The number of phenolic OH excluding ortho intramolecular Hbond substituents is 2. The van der Waals surface area contributed by atoms with Crippen LogP contribution >= 0.6 is 0 Å². The van der Waals surface area contributed by atoms with Crippen LogP contribution in [0.4, 0.5) is 17.6 Å². The van der Waals surface area contributed by atoms with E-state index in [2.05, 4.69) is 25.3 Å². The average Bonchev–Trinajstić information content (AvgIpc) is 2.77. The molecule has 8 nitrogen and oxygen atoms in total. The maximum absolute atomic E-state index is 9.61. The molecule has 0 saturated carbocycles. The Bertz CT molecular complexity index is 824. The van der Waals surface area contributed by atoms with E-state index in [0.717, 1.165) is 37.9 Å². The van der Waals surface area contributed by atoms with Gasteiger partial charge in [-0.25, -0.2) is 0 Å². The Kier molecular flexibility index (Phi) is 5.97. The molecule has 29 heavy (non-hydrogen) atoms. The predicted octanol–water partition coefficient (Wildman–Crippen LogP) is 3.31. The molecule has 2 fully saturated rings. The van der Waals surface area contributed by atoms with Gasteiger partial charge in [0.25, 0.3) is 0 Å². The molecule has 1 aromatic carbocycles. The van der Waals surface area contributed by atoms with Crippen molar-refractivity contribution < 1.29 is 10.2 Å². The number of aromatic hydroxyl groups is 2. The number of phenols is 2. The highest BCUT2D eigenvalue weighted by atomic mass is 16.3. The van der Waals surface area contributed by atoms with E-state index < -0.39 is 0 Å². The van der Waals surface area contributed by atoms with Crippen molar-refractivity contribution in [3.8, 4) is 11.5 Å². The van der Waals surface area contributed by atoms with Crippen LogP contribution in [0.3, 0.4) is 0 Å². The molecule has 0 amide bonds. The highest BCUT2D eigenvalue weighted by Gasteiger charge is 2.19. The molecule has 2 aliphatic heterocycles. The van der Waals surface area contributed by atoms with Gasteiger partial charge in [0.1, 0.15) is 5.82 Å². The Labute approximate surface area is 170 Å². The standard InChI is InChI=1S/C21H28N6O2/c28-17-8-7-16(13-18(17)29)15-22-25-19-14-20(26-9-3-1-4-10-26)24-21(23-19)27-11-5-2-6-12-27/h7-8,13-15,28-29H,1-6,9-12H2,(H,23,24,25). The van der Waals surface area contributed by atoms with E-state index in [1.165, 1.54) is 50.7 Å². The van der Waals surface area contributed by atoms with E-state index >= 15 is 0 Å². The Hall–Kier alpha value is -3.03. The van der Waals surface area contributed by atoms with Gasteiger partial charge < -0.3 is 20.0 Å². The maximum Gasteiger partial charge on any atom is 0.229 e. The second kappa shape index (κ2) is 8.98.